The molecule has 0 N–H and O–H groups in total. The van der Waals surface area contributed by atoms with Gasteiger partial charge in [0.1, 0.15) is 6.29 Å². The fourth-order valence-electron chi connectivity index (χ4n) is 3.46. The van der Waals surface area contributed by atoms with Gasteiger partial charge in [-0.3, -0.25) is 9.59 Å². The average molecular weight is 298 g/mol. The number of hydrogen-bond donors (Lipinski definition) is 0. The second-order valence-corrected chi connectivity index (χ2v) is 6.82. The van der Waals surface area contributed by atoms with Crippen LogP contribution in [0.2, 0.25) is 0 Å². The summed E-state index contributed by atoms with van der Waals surface area (Å²) in [6.07, 6.45) is 3.91. The quantitative estimate of drug-likeness (QED) is 0.802. The lowest BCUT2D eigenvalue weighted by Gasteiger charge is -2.46. The Morgan fingerprint density at radius 1 is 1.18 bits per heavy atom. The van der Waals surface area contributed by atoms with Crippen LogP contribution >= 0.6 is 0 Å². The SMILES string of the molecule is Cc1ccc(C)c(C2(C(C)(C)CC=O)CC(=O)C=CC2=O)c1. The molecule has 0 aliphatic heterocycles. The molecule has 0 bridgehead atoms. The Balaban J connectivity index is 2.79. The van der Waals surface area contributed by atoms with Crippen molar-refractivity contribution >= 4 is 17.9 Å². The van der Waals surface area contributed by atoms with E-state index >= 15 is 0 Å². The van der Waals surface area contributed by atoms with Gasteiger partial charge in [0.2, 0.25) is 0 Å². The van der Waals surface area contributed by atoms with E-state index in [1.165, 1.54) is 12.2 Å². The molecule has 0 radical (unpaired) electrons. The molecule has 0 saturated carbocycles. The maximum Gasteiger partial charge on any atom is 0.167 e. The number of hydrogen-bond acceptors (Lipinski definition) is 3. The molecule has 0 aromatic heterocycles. The van der Waals surface area contributed by atoms with Crippen LogP contribution in [-0.2, 0) is 19.8 Å². The van der Waals surface area contributed by atoms with E-state index < -0.39 is 10.8 Å². The van der Waals surface area contributed by atoms with Gasteiger partial charge in [0, 0.05) is 12.8 Å². The molecule has 1 unspecified atom stereocenters. The van der Waals surface area contributed by atoms with Crippen LogP contribution in [0.1, 0.15) is 43.4 Å². The van der Waals surface area contributed by atoms with Crippen LogP contribution in [0.5, 0.6) is 0 Å². The highest BCUT2D eigenvalue weighted by Crippen LogP contribution is 2.50. The number of allylic oxidation sites excluding steroid dienone is 2. The number of carbonyl (C=O) groups is 3. The molecule has 0 saturated heterocycles. The van der Waals surface area contributed by atoms with E-state index in [9.17, 15) is 14.4 Å². The molecule has 1 aromatic carbocycles. The number of benzene rings is 1. The summed E-state index contributed by atoms with van der Waals surface area (Å²) >= 11 is 0. The first-order valence-electron chi connectivity index (χ1n) is 7.51. The minimum Gasteiger partial charge on any atom is -0.303 e. The number of rotatable bonds is 4. The molecule has 3 nitrogen and oxygen atoms in total. The van der Waals surface area contributed by atoms with Crippen molar-refractivity contribution in [3.05, 3.63) is 47.0 Å². The molecule has 1 atom stereocenters. The van der Waals surface area contributed by atoms with Gasteiger partial charge in [-0.2, -0.15) is 0 Å². The van der Waals surface area contributed by atoms with Crippen LogP contribution in [0.4, 0.5) is 0 Å². The largest absolute Gasteiger partial charge is 0.303 e. The molecular weight excluding hydrogens is 276 g/mol. The lowest BCUT2D eigenvalue weighted by molar-refractivity contribution is -0.132. The Hall–Kier alpha value is -2.03. The zero-order valence-corrected chi connectivity index (χ0v) is 13.6. The second-order valence-electron chi connectivity index (χ2n) is 6.82. The molecule has 0 heterocycles. The molecule has 22 heavy (non-hydrogen) atoms. The second kappa shape index (κ2) is 5.64. The molecular formula is C19H22O3. The summed E-state index contributed by atoms with van der Waals surface area (Å²) in [5.41, 5.74) is 1.26. The molecule has 2 rings (SSSR count). The first-order valence-corrected chi connectivity index (χ1v) is 7.51. The van der Waals surface area contributed by atoms with E-state index in [0.29, 0.717) is 0 Å². The van der Waals surface area contributed by atoms with E-state index in [1.54, 1.807) is 0 Å². The zero-order chi connectivity index (χ0) is 16.5. The molecule has 0 fully saturated rings. The van der Waals surface area contributed by atoms with Gasteiger partial charge in [0.15, 0.2) is 11.6 Å². The number of aryl methyl sites for hydroxylation is 2. The van der Waals surface area contributed by atoms with E-state index in [2.05, 4.69) is 0 Å². The van der Waals surface area contributed by atoms with Crippen LogP contribution in [0, 0.1) is 19.3 Å². The minimum atomic E-state index is -0.976. The first-order chi connectivity index (χ1) is 10.2. The molecule has 1 aliphatic carbocycles. The highest BCUT2D eigenvalue weighted by atomic mass is 16.1. The normalized spacial score (nSPS) is 22.0. The summed E-state index contributed by atoms with van der Waals surface area (Å²) in [6, 6.07) is 5.94. The third-order valence-electron chi connectivity index (χ3n) is 4.88. The fourth-order valence-corrected chi connectivity index (χ4v) is 3.46. The van der Waals surface area contributed by atoms with Crippen LogP contribution in [0.3, 0.4) is 0 Å². The highest BCUT2D eigenvalue weighted by molar-refractivity contribution is 6.11. The molecule has 1 aromatic rings. The van der Waals surface area contributed by atoms with Crippen LogP contribution in [0.15, 0.2) is 30.4 Å². The first kappa shape index (κ1) is 16.3. The maximum absolute atomic E-state index is 12.9. The maximum atomic E-state index is 12.9. The predicted molar refractivity (Wildman–Crippen MR) is 85.8 cm³/mol. The molecule has 0 amide bonds. The van der Waals surface area contributed by atoms with Crippen molar-refractivity contribution in [1.29, 1.82) is 0 Å². The van der Waals surface area contributed by atoms with E-state index in [4.69, 9.17) is 0 Å². The summed E-state index contributed by atoms with van der Waals surface area (Å²) in [5, 5.41) is 0. The molecule has 3 heteroatoms. The van der Waals surface area contributed by atoms with Crippen molar-refractivity contribution in [1.82, 2.24) is 0 Å². The topological polar surface area (TPSA) is 51.2 Å². The van der Waals surface area contributed by atoms with Crippen molar-refractivity contribution < 1.29 is 14.4 Å². The Morgan fingerprint density at radius 2 is 1.86 bits per heavy atom. The molecule has 1 aliphatic rings. The smallest absolute Gasteiger partial charge is 0.167 e. The summed E-state index contributed by atoms with van der Waals surface area (Å²) in [5.74, 6) is -0.160. The van der Waals surface area contributed by atoms with E-state index in [0.717, 1.165) is 23.0 Å². The van der Waals surface area contributed by atoms with Gasteiger partial charge < -0.3 is 4.79 Å². The van der Waals surface area contributed by atoms with Crippen molar-refractivity contribution in [3.8, 4) is 0 Å². The third-order valence-corrected chi connectivity index (χ3v) is 4.88. The minimum absolute atomic E-state index is 0.0699. The van der Waals surface area contributed by atoms with Gasteiger partial charge in [-0.05, 0) is 42.5 Å². The van der Waals surface area contributed by atoms with Gasteiger partial charge in [-0.1, -0.05) is 37.6 Å². The van der Waals surface area contributed by atoms with E-state index in [1.807, 2.05) is 45.9 Å². The van der Waals surface area contributed by atoms with Gasteiger partial charge >= 0.3 is 0 Å². The van der Waals surface area contributed by atoms with Crippen molar-refractivity contribution in [3.63, 3.8) is 0 Å². The Kier molecular flexibility index (Phi) is 4.19. The summed E-state index contributed by atoms with van der Waals surface area (Å²) in [4.78, 5) is 36.2. The number of carbonyl (C=O) groups excluding carboxylic acids is 3. The lowest BCUT2D eigenvalue weighted by Crippen LogP contribution is -2.51. The average Bonchev–Trinajstić information content (AvgIpc) is 2.44. The van der Waals surface area contributed by atoms with Gasteiger partial charge in [-0.25, -0.2) is 0 Å². The monoisotopic (exact) mass is 298 g/mol. The number of ketones is 2. The van der Waals surface area contributed by atoms with Gasteiger partial charge in [0.05, 0.1) is 5.41 Å². The van der Waals surface area contributed by atoms with E-state index in [-0.39, 0.29) is 24.4 Å². The zero-order valence-electron chi connectivity index (χ0n) is 13.6. The molecule has 0 spiro atoms. The van der Waals surface area contributed by atoms with Crippen molar-refractivity contribution in [2.24, 2.45) is 5.41 Å². The number of aldehydes is 1. The third kappa shape index (κ3) is 2.45. The van der Waals surface area contributed by atoms with Crippen LogP contribution in [0.25, 0.3) is 0 Å². The Bertz CT molecular complexity index is 667. The van der Waals surface area contributed by atoms with Gasteiger partial charge in [0.25, 0.3) is 0 Å². The van der Waals surface area contributed by atoms with Crippen LogP contribution < -0.4 is 0 Å². The van der Waals surface area contributed by atoms with Crippen molar-refractivity contribution in [2.45, 2.75) is 46.0 Å². The highest BCUT2D eigenvalue weighted by Gasteiger charge is 2.53. The lowest BCUT2D eigenvalue weighted by atomic mass is 9.54. The summed E-state index contributed by atoms with van der Waals surface area (Å²) in [7, 11) is 0. The van der Waals surface area contributed by atoms with Crippen LogP contribution in [-0.4, -0.2) is 17.9 Å². The van der Waals surface area contributed by atoms with Gasteiger partial charge in [-0.15, -0.1) is 0 Å². The summed E-state index contributed by atoms with van der Waals surface area (Å²) < 4.78 is 0. The van der Waals surface area contributed by atoms with Crippen molar-refractivity contribution in [2.75, 3.05) is 0 Å². The Labute approximate surface area is 131 Å². The Morgan fingerprint density at radius 3 is 2.50 bits per heavy atom. The standard InChI is InChI=1S/C19H22O3/c1-13-5-6-14(2)16(11-13)19(18(3,4)9-10-20)12-15(21)7-8-17(19)22/h5-8,10-11H,9,12H2,1-4H3. The fraction of sp³-hybridized carbons (Fsp3) is 0.421. The summed E-state index contributed by atoms with van der Waals surface area (Å²) in [6.45, 7) is 7.71. The predicted octanol–water partition coefficient (Wildman–Crippen LogP) is 3.25. The molecule has 116 valence electrons.